The van der Waals surface area contributed by atoms with Crippen molar-refractivity contribution in [3.05, 3.63) is 88.5 Å². The van der Waals surface area contributed by atoms with Crippen LogP contribution in [0.15, 0.2) is 60.7 Å². The van der Waals surface area contributed by atoms with E-state index in [4.69, 9.17) is 14.6 Å². The molecule has 0 aromatic heterocycles. The molecule has 0 aliphatic heterocycles. The van der Waals surface area contributed by atoms with Gasteiger partial charge in [0.15, 0.2) is 0 Å². The van der Waals surface area contributed by atoms with Crippen molar-refractivity contribution in [2.45, 2.75) is 38.9 Å². The minimum absolute atomic E-state index is 0.00649. The molecule has 1 amide bonds. The highest BCUT2D eigenvalue weighted by atomic mass is 19.4. The number of nitrogens with one attached hydrogen (secondary N) is 1. The monoisotopic (exact) mass is 501 g/mol. The van der Waals surface area contributed by atoms with Gasteiger partial charge in [-0.15, -0.1) is 0 Å². The fourth-order valence-electron chi connectivity index (χ4n) is 3.67. The summed E-state index contributed by atoms with van der Waals surface area (Å²) in [6.07, 6.45) is -3.32. The Bertz CT molecular complexity index is 1240. The number of hydrogen-bond donors (Lipinski definition) is 2. The summed E-state index contributed by atoms with van der Waals surface area (Å²) in [5, 5.41) is 11.6. The summed E-state index contributed by atoms with van der Waals surface area (Å²) in [4.78, 5) is 23.5. The molecule has 36 heavy (non-hydrogen) atoms. The molecule has 0 heterocycles. The number of carboxylic acid groups (broad SMARTS) is 1. The van der Waals surface area contributed by atoms with Gasteiger partial charge in [-0.05, 0) is 72.0 Å². The Morgan fingerprint density at radius 2 is 1.72 bits per heavy atom. The van der Waals surface area contributed by atoms with Crippen molar-refractivity contribution < 1.29 is 37.3 Å². The van der Waals surface area contributed by atoms with Crippen LogP contribution in [0.4, 0.5) is 13.2 Å². The van der Waals surface area contributed by atoms with Gasteiger partial charge in [-0.1, -0.05) is 25.1 Å². The molecule has 0 aliphatic rings. The molecule has 0 saturated carbocycles. The lowest BCUT2D eigenvalue weighted by atomic mass is 10.0. The Kier molecular flexibility index (Phi) is 8.58. The van der Waals surface area contributed by atoms with Gasteiger partial charge in [0.1, 0.15) is 17.2 Å². The van der Waals surface area contributed by atoms with Crippen LogP contribution in [0, 0.1) is 0 Å². The van der Waals surface area contributed by atoms with E-state index in [1.165, 1.54) is 7.11 Å². The number of rotatable bonds is 10. The first-order chi connectivity index (χ1) is 17.1. The molecule has 6 nitrogen and oxygen atoms in total. The third-order valence-electron chi connectivity index (χ3n) is 5.53. The first kappa shape index (κ1) is 26.6. The van der Waals surface area contributed by atoms with Crippen LogP contribution in [0.1, 0.15) is 46.0 Å². The maximum Gasteiger partial charge on any atom is 0.416 e. The largest absolute Gasteiger partial charge is 0.496 e. The normalized spacial score (nSPS) is 11.1. The second kappa shape index (κ2) is 11.6. The highest BCUT2D eigenvalue weighted by molar-refractivity contribution is 5.97. The summed E-state index contributed by atoms with van der Waals surface area (Å²) >= 11 is 0. The van der Waals surface area contributed by atoms with Gasteiger partial charge in [-0.25, -0.2) is 0 Å². The number of carbonyl (C=O) groups excluding carboxylic acids is 1. The summed E-state index contributed by atoms with van der Waals surface area (Å²) < 4.78 is 49.8. The summed E-state index contributed by atoms with van der Waals surface area (Å²) in [5.41, 5.74) is 1.78. The SMILES string of the molecule is CCc1cc(Oc2cccc(CNC(=O)c3ccc(C(F)(F)F)cc3OC)c2)ccc1CCC(=O)O. The Morgan fingerprint density at radius 1 is 0.972 bits per heavy atom. The molecule has 0 radical (unpaired) electrons. The average Bonchev–Trinajstić information content (AvgIpc) is 2.85. The quantitative estimate of drug-likeness (QED) is 0.355. The molecule has 0 atom stereocenters. The van der Waals surface area contributed by atoms with Crippen molar-refractivity contribution in [2.24, 2.45) is 0 Å². The summed E-state index contributed by atoms with van der Waals surface area (Å²) in [5.74, 6) is -0.455. The predicted molar refractivity (Wildman–Crippen MR) is 127 cm³/mol. The first-order valence-corrected chi connectivity index (χ1v) is 11.2. The maximum atomic E-state index is 12.9. The fourth-order valence-corrected chi connectivity index (χ4v) is 3.67. The van der Waals surface area contributed by atoms with Crippen molar-refractivity contribution >= 4 is 11.9 Å². The second-order valence-corrected chi connectivity index (χ2v) is 8.02. The molecule has 2 N–H and O–H groups in total. The van der Waals surface area contributed by atoms with Crippen molar-refractivity contribution in [1.29, 1.82) is 0 Å². The zero-order valence-corrected chi connectivity index (χ0v) is 19.8. The molecule has 3 aromatic rings. The van der Waals surface area contributed by atoms with E-state index in [1.54, 1.807) is 30.3 Å². The number of hydrogen-bond acceptors (Lipinski definition) is 4. The lowest BCUT2D eigenvalue weighted by Gasteiger charge is -2.14. The van der Waals surface area contributed by atoms with E-state index >= 15 is 0 Å². The number of amides is 1. The smallest absolute Gasteiger partial charge is 0.416 e. The van der Waals surface area contributed by atoms with Crippen molar-refractivity contribution in [3.8, 4) is 17.2 Å². The van der Waals surface area contributed by atoms with Gasteiger partial charge < -0.3 is 19.9 Å². The van der Waals surface area contributed by atoms with Crippen molar-refractivity contribution in [2.75, 3.05) is 7.11 Å². The van der Waals surface area contributed by atoms with Gasteiger partial charge in [0.2, 0.25) is 0 Å². The summed E-state index contributed by atoms with van der Waals surface area (Å²) in [6, 6.07) is 15.3. The third kappa shape index (κ3) is 7.00. The van der Waals surface area contributed by atoms with Crippen LogP contribution in [-0.4, -0.2) is 24.1 Å². The van der Waals surface area contributed by atoms with E-state index in [9.17, 15) is 22.8 Å². The lowest BCUT2D eigenvalue weighted by molar-refractivity contribution is -0.138. The van der Waals surface area contributed by atoms with Gasteiger partial charge in [-0.3, -0.25) is 9.59 Å². The highest BCUT2D eigenvalue weighted by Gasteiger charge is 2.31. The second-order valence-electron chi connectivity index (χ2n) is 8.02. The molecule has 190 valence electrons. The third-order valence-corrected chi connectivity index (χ3v) is 5.53. The first-order valence-electron chi connectivity index (χ1n) is 11.2. The molecule has 9 heteroatoms. The van der Waals surface area contributed by atoms with E-state index in [-0.39, 0.29) is 24.3 Å². The number of halogens is 3. The number of carboxylic acids is 1. The highest BCUT2D eigenvalue weighted by Crippen LogP contribution is 2.33. The Morgan fingerprint density at radius 3 is 2.39 bits per heavy atom. The molecule has 3 aromatic carbocycles. The van der Waals surface area contributed by atoms with E-state index in [0.717, 1.165) is 41.3 Å². The molecule has 0 unspecified atom stereocenters. The van der Waals surface area contributed by atoms with Gasteiger partial charge in [-0.2, -0.15) is 13.2 Å². The topological polar surface area (TPSA) is 84.9 Å². The van der Waals surface area contributed by atoms with E-state index < -0.39 is 23.6 Å². The summed E-state index contributed by atoms with van der Waals surface area (Å²) in [6.45, 7) is 2.10. The van der Waals surface area contributed by atoms with Crippen LogP contribution < -0.4 is 14.8 Å². The molecule has 0 bridgehead atoms. The Hall–Kier alpha value is -4.01. The molecular weight excluding hydrogens is 475 g/mol. The molecule has 0 aliphatic carbocycles. The molecular formula is C27H26F3NO5. The fraction of sp³-hybridized carbons (Fsp3) is 0.259. The standard InChI is InChI=1S/C27H26F3NO5/c1-3-18-14-22(10-7-19(18)8-12-25(32)33)36-21-6-4-5-17(13-21)16-31-26(34)23-11-9-20(27(28,29)30)15-24(23)35-2/h4-7,9-11,13-15H,3,8,12,16H2,1-2H3,(H,31,34)(H,32,33). The number of methoxy groups -OCH3 is 1. The van der Waals surface area contributed by atoms with Gasteiger partial charge >= 0.3 is 12.1 Å². The molecule has 0 saturated heterocycles. The Labute approximate surface area is 206 Å². The minimum atomic E-state index is -4.54. The number of alkyl halides is 3. The summed E-state index contributed by atoms with van der Waals surface area (Å²) in [7, 11) is 1.20. The van der Waals surface area contributed by atoms with Gasteiger partial charge in [0.25, 0.3) is 5.91 Å². The predicted octanol–water partition coefficient (Wildman–Crippen LogP) is 6.02. The zero-order chi connectivity index (χ0) is 26.3. The lowest BCUT2D eigenvalue weighted by Crippen LogP contribution is -2.23. The van der Waals surface area contributed by atoms with Crippen LogP contribution in [0.2, 0.25) is 0 Å². The number of benzene rings is 3. The van der Waals surface area contributed by atoms with Gasteiger partial charge in [0, 0.05) is 13.0 Å². The van der Waals surface area contributed by atoms with E-state index in [1.807, 2.05) is 19.1 Å². The maximum absolute atomic E-state index is 12.9. The van der Waals surface area contributed by atoms with Gasteiger partial charge in [0.05, 0.1) is 18.2 Å². The van der Waals surface area contributed by atoms with Crippen LogP contribution in [0.25, 0.3) is 0 Å². The van der Waals surface area contributed by atoms with Crippen LogP contribution >= 0.6 is 0 Å². The van der Waals surface area contributed by atoms with Crippen LogP contribution in [-0.2, 0) is 30.4 Å². The van der Waals surface area contributed by atoms with E-state index in [2.05, 4.69) is 5.32 Å². The minimum Gasteiger partial charge on any atom is -0.496 e. The number of aliphatic carboxylic acids is 1. The van der Waals surface area contributed by atoms with Crippen molar-refractivity contribution in [3.63, 3.8) is 0 Å². The molecule has 0 fully saturated rings. The Balaban J connectivity index is 1.68. The molecule has 0 spiro atoms. The number of aryl methyl sites for hydroxylation is 2. The average molecular weight is 502 g/mol. The number of ether oxygens (including phenoxy) is 2. The van der Waals surface area contributed by atoms with E-state index in [0.29, 0.717) is 17.9 Å². The van der Waals surface area contributed by atoms with Crippen LogP contribution in [0.3, 0.4) is 0 Å². The van der Waals surface area contributed by atoms with Crippen LogP contribution in [0.5, 0.6) is 17.2 Å². The number of carbonyl (C=O) groups is 2. The molecule has 3 rings (SSSR count). The van der Waals surface area contributed by atoms with Crippen molar-refractivity contribution in [1.82, 2.24) is 5.32 Å². The zero-order valence-electron chi connectivity index (χ0n) is 19.8.